The average molecular weight is 240 g/mol. The Morgan fingerprint density at radius 1 is 1.33 bits per heavy atom. The van der Waals surface area contributed by atoms with Crippen molar-refractivity contribution in [1.82, 2.24) is 14.8 Å². The highest BCUT2D eigenvalue weighted by atomic mass is 15.3. The third-order valence-corrected chi connectivity index (χ3v) is 3.47. The molecule has 0 fully saturated rings. The lowest BCUT2D eigenvalue weighted by molar-refractivity contribution is 0.712. The number of aryl methyl sites for hydroxylation is 1. The number of rotatable bonds is 2. The third-order valence-electron chi connectivity index (χ3n) is 3.47. The lowest BCUT2D eigenvalue weighted by Gasteiger charge is -1.98. The molecule has 3 aromatic rings. The van der Waals surface area contributed by atoms with E-state index in [2.05, 4.69) is 29.1 Å². The summed E-state index contributed by atoms with van der Waals surface area (Å²) in [5.41, 5.74) is 11.3. The lowest BCUT2D eigenvalue weighted by atomic mass is 10.1. The van der Waals surface area contributed by atoms with Gasteiger partial charge in [0.15, 0.2) is 0 Å². The first-order valence-electron chi connectivity index (χ1n) is 6.01. The second-order valence-corrected chi connectivity index (χ2v) is 4.50. The number of nitrogens with two attached hydrogens (primary N) is 1. The zero-order chi connectivity index (χ0) is 12.7. The van der Waals surface area contributed by atoms with E-state index < -0.39 is 0 Å². The van der Waals surface area contributed by atoms with Gasteiger partial charge in [0.1, 0.15) is 0 Å². The van der Waals surface area contributed by atoms with Gasteiger partial charge in [-0.15, -0.1) is 0 Å². The fraction of sp³-hybridized carbons (Fsp3) is 0.214. The van der Waals surface area contributed by atoms with Crippen LogP contribution in [0.3, 0.4) is 0 Å². The molecule has 0 amide bonds. The number of nitrogens with one attached hydrogen (secondary N) is 1. The Labute approximate surface area is 105 Å². The SMILES string of the molecule is Cc1c(-c2c[nH]c3ccccc23)nn(C)c1CN. The molecule has 0 bridgehead atoms. The Hall–Kier alpha value is -2.07. The minimum absolute atomic E-state index is 0.512. The molecule has 18 heavy (non-hydrogen) atoms. The van der Waals surface area contributed by atoms with Crippen molar-refractivity contribution in [1.29, 1.82) is 0 Å². The number of hydrogen-bond donors (Lipinski definition) is 2. The zero-order valence-corrected chi connectivity index (χ0v) is 10.6. The molecule has 0 saturated carbocycles. The quantitative estimate of drug-likeness (QED) is 0.722. The van der Waals surface area contributed by atoms with Gasteiger partial charge in [0.2, 0.25) is 0 Å². The van der Waals surface area contributed by atoms with Crippen LogP contribution in [0.4, 0.5) is 0 Å². The van der Waals surface area contributed by atoms with E-state index in [1.807, 2.05) is 30.1 Å². The van der Waals surface area contributed by atoms with E-state index in [9.17, 15) is 0 Å². The van der Waals surface area contributed by atoms with Crippen LogP contribution >= 0.6 is 0 Å². The van der Waals surface area contributed by atoms with Gasteiger partial charge in [0.25, 0.3) is 0 Å². The number of H-pyrrole nitrogens is 1. The van der Waals surface area contributed by atoms with Crippen molar-refractivity contribution >= 4 is 10.9 Å². The van der Waals surface area contributed by atoms with E-state index in [1.54, 1.807) is 0 Å². The summed E-state index contributed by atoms with van der Waals surface area (Å²) >= 11 is 0. The van der Waals surface area contributed by atoms with Crippen LogP contribution in [0.2, 0.25) is 0 Å². The van der Waals surface area contributed by atoms with Crippen molar-refractivity contribution in [2.45, 2.75) is 13.5 Å². The molecule has 1 aromatic carbocycles. The first-order valence-corrected chi connectivity index (χ1v) is 6.01. The van der Waals surface area contributed by atoms with Crippen LogP contribution in [0.1, 0.15) is 11.3 Å². The number of hydrogen-bond acceptors (Lipinski definition) is 2. The predicted molar refractivity (Wildman–Crippen MR) is 73.1 cm³/mol. The van der Waals surface area contributed by atoms with Gasteiger partial charge in [0, 0.05) is 36.3 Å². The molecule has 0 radical (unpaired) electrons. The van der Waals surface area contributed by atoms with Crippen molar-refractivity contribution in [2.75, 3.05) is 0 Å². The number of aromatic nitrogens is 3. The Kier molecular flexibility index (Phi) is 2.45. The summed E-state index contributed by atoms with van der Waals surface area (Å²) < 4.78 is 1.87. The van der Waals surface area contributed by atoms with Gasteiger partial charge >= 0.3 is 0 Å². The maximum absolute atomic E-state index is 5.76. The van der Waals surface area contributed by atoms with Gasteiger partial charge in [-0.3, -0.25) is 4.68 Å². The summed E-state index contributed by atoms with van der Waals surface area (Å²) in [6.07, 6.45) is 2.01. The number of para-hydroxylation sites is 1. The third kappa shape index (κ3) is 1.46. The van der Waals surface area contributed by atoms with Gasteiger partial charge in [-0.2, -0.15) is 5.10 Å². The summed E-state index contributed by atoms with van der Waals surface area (Å²) in [5, 5.41) is 5.79. The Morgan fingerprint density at radius 3 is 2.83 bits per heavy atom. The van der Waals surface area contributed by atoms with Gasteiger partial charge in [-0.05, 0) is 18.6 Å². The Balaban J connectivity index is 2.27. The van der Waals surface area contributed by atoms with Crippen molar-refractivity contribution in [2.24, 2.45) is 12.8 Å². The maximum atomic E-state index is 5.76. The normalized spacial score (nSPS) is 11.3. The molecule has 0 unspecified atom stereocenters. The second kappa shape index (κ2) is 3.99. The minimum atomic E-state index is 0.512. The monoisotopic (exact) mass is 240 g/mol. The van der Waals surface area contributed by atoms with Gasteiger partial charge in [-0.25, -0.2) is 0 Å². The Morgan fingerprint density at radius 2 is 2.11 bits per heavy atom. The van der Waals surface area contributed by atoms with E-state index >= 15 is 0 Å². The topological polar surface area (TPSA) is 59.6 Å². The largest absolute Gasteiger partial charge is 0.360 e. The number of fused-ring (bicyclic) bond motifs is 1. The molecule has 2 heterocycles. The first-order chi connectivity index (χ1) is 8.72. The fourth-order valence-electron chi connectivity index (χ4n) is 2.47. The van der Waals surface area contributed by atoms with Crippen molar-refractivity contribution in [3.05, 3.63) is 41.7 Å². The highest BCUT2D eigenvalue weighted by Gasteiger charge is 2.15. The number of nitrogens with zero attached hydrogens (tertiary/aromatic N) is 2. The molecule has 92 valence electrons. The van der Waals surface area contributed by atoms with Gasteiger partial charge in [0.05, 0.1) is 11.4 Å². The molecule has 0 atom stereocenters. The maximum Gasteiger partial charge on any atom is 0.0977 e. The molecule has 0 aliphatic rings. The zero-order valence-electron chi connectivity index (χ0n) is 10.6. The predicted octanol–water partition coefficient (Wildman–Crippen LogP) is 2.34. The summed E-state index contributed by atoms with van der Waals surface area (Å²) in [6.45, 7) is 2.59. The number of benzene rings is 1. The molecule has 4 heteroatoms. The highest BCUT2D eigenvalue weighted by Crippen LogP contribution is 2.30. The molecule has 0 spiro atoms. The smallest absolute Gasteiger partial charge is 0.0977 e. The standard InChI is InChI=1S/C14H16N4/c1-9-13(7-15)18(2)17-14(9)11-8-16-12-6-4-3-5-10(11)12/h3-6,8,16H,7,15H2,1-2H3. The van der Waals surface area contributed by atoms with Crippen LogP contribution in [-0.2, 0) is 13.6 Å². The van der Waals surface area contributed by atoms with Crippen molar-refractivity contribution < 1.29 is 0 Å². The molecule has 3 N–H and O–H groups in total. The molecular weight excluding hydrogens is 224 g/mol. The second-order valence-electron chi connectivity index (χ2n) is 4.50. The summed E-state index contributed by atoms with van der Waals surface area (Å²) in [7, 11) is 1.94. The summed E-state index contributed by atoms with van der Waals surface area (Å²) in [4.78, 5) is 3.28. The fourth-order valence-corrected chi connectivity index (χ4v) is 2.47. The molecule has 0 saturated heterocycles. The van der Waals surface area contributed by atoms with Crippen LogP contribution in [0.25, 0.3) is 22.2 Å². The summed E-state index contributed by atoms with van der Waals surface area (Å²) in [5.74, 6) is 0. The van der Waals surface area contributed by atoms with Crippen LogP contribution in [0.15, 0.2) is 30.5 Å². The molecule has 0 aliphatic carbocycles. The van der Waals surface area contributed by atoms with Crippen LogP contribution in [0, 0.1) is 6.92 Å². The van der Waals surface area contributed by atoms with Crippen LogP contribution < -0.4 is 5.73 Å². The van der Waals surface area contributed by atoms with Crippen LogP contribution in [-0.4, -0.2) is 14.8 Å². The molecule has 4 nitrogen and oxygen atoms in total. The highest BCUT2D eigenvalue weighted by molar-refractivity contribution is 5.95. The minimum Gasteiger partial charge on any atom is -0.360 e. The number of aromatic amines is 1. The molecule has 3 rings (SSSR count). The van der Waals surface area contributed by atoms with Crippen molar-refractivity contribution in [3.8, 4) is 11.3 Å². The van der Waals surface area contributed by atoms with E-state index in [0.29, 0.717) is 6.54 Å². The van der Waals surface area contributed by atoms with E-state index in [-0.39, 0.29) is 0 Å². The molecule has 0 aliphatic heterocycles. The first kappa shape index (κ1) is 11.0. The molecule has 2 aromatic heterocycles. The Bertz CT molecular complexity index is 706. The van der Waals surface area contributed by atoms with Crippen molar-refractivity contribution in [3.63, 3.8) is 0 Å². The van der Waals surface area contributed by atoms with E-state index in [0.717, 1.165) is 28.0 Å². The van der Waals surface area contributed by atoms with E-state index in [1.165, 1.54) is 5.39 Å². The average Bonchev–Trinajstić information content (AvgIpc) is 2.91. The van der Waals surface area contributed by atoms with Gasteiger partial charge in [-0.1, -0.05) is 18.2 Å². The molecular formula is C14H16N4. The van der Waals surface area contributed by atoms with E-state index in [4.69, 9.17) is 5.73 Å². The van der Waals surface area contributed by atoms with Gasteiger partial charge < -0.3 is 10.7 Å². The van der Waals surface area contributed by atoms with Crippen LogP contribution in [0.5, 0.6) is 0 Å². The lowest BCUT2D eigenvalue weighted by Crippen LogP contribution is -2.05. The summed E-state index contributed by atoms with van der Waals surface area (Å²) in [6, 6.07) is 8.25.